The number of carbonyl (C=O) groups is 1. The zero-order valence-corrected chi connectivity index (χ0v) is 17.0. The lowest BCUT2D eigenvalue weighted by Gasteiger charge is -2.15. The standard InChI is InChI=1S/C16H12N4O3.C7H14/c17-8-10-1-3-11(4-2-10)18-16-19-13-6-5-12(7-14(13)20-16)23-9-15(21)22;1-7-5-3-2-4-6-7/h1-7H,9H2,(H,21,22)(H2,18,19,20);7H,2-6H2,1H3. The molecule has 1 aliphatic rings. The quantitative estimate of drug-likeness (QED) is 0.535. The van der Waals surface area contributed by atoms with Crippen LogP contribution in [0.2, 0.25) is 0 Å². The Kier molecular flexibility index (Phi) is 7.28. The zero-order chi connectivity index (χ0) is 21.3. The molecular formula is C23H26N4O3. The number of ether oxygens (including phenoxy) is 1. The van der Waals surface area contributed by atoms with Crippen molar-refractivity contribution in [2.45, 2.75) is 39.0 Å². The van der Waals surface area contributed by atoms with Crippen LogP contribution in [0.5, 0.6) is 5.75 Å². The van der Waals surface area contributed by atoms with Crippen molar-refractivity contribution in [1.29, 1.82) is 5.26 Å². The number of nitrogens with one attached hydrogen (secondary N) is 2. The van der Waals surface area contributed by atoms with Crippen LogP contribution in [0.1, 0.15) is 44.6 Å². The van der Waals surface area contributed by atoms with Crippen LogP contribution in [-0.2, 0) is 4.79 Å². The minimum Gasteiger partial charge on any atom is -0.482 e. The average molecular weight is 406 g/mol. The zero-order valence-electron chi connectivity index (χ0n) is 17.0. The summed E-state index contributed by atoms with van der Waals surface area (Å²) in [5.41, 5.74) is 2.83. The molecule has 0 unspecified atom stereocenters. The molecule has 2 aromatic carbocycles. The fraction of sp³-hybridized carbons (Fsp3) is 0.348. The van der Waals surface area contributed by atoms with Gasteiger partial charge in [0.2, 0.25) is 5.95 Å². The Morgan fingerprint density at radius 2 is 1.97 bits per heavy atom. The summed E-state index contributed by atoms with van der Waals surface area (Å²) < 4.78 is 5.13. The summed E-state index contributed by atoms with van der Waals surface area (Å²) in [6, 6.07) is 14.1. The van der Waals surface area contributed by atoms with Crippen LogP contribution in [0.15, 0.2) is 42.5 Å². The first-order valence-electron chi connectivity index (χ1n) is 10.1. The Morgan fingerprint density at radius 3 is 2.57 bits per heavy atom. The van der Waals surface area contributed by atoms with Gasteiger partial charge in [-0.25, -0.2) is 9.78 Å². The van der Waals surface area contributed by atoms with E-state index in [0.717, 1.165) is 22.6 Å². The van der Waals surface area contributed by atoms with Gasteiger partial charge in [0.1, 0.15) is 5.75 Å². The van der Waals surface area contributed by atoms with E-state index >= 15 is 0 Å². The highest BCUT2D eigenvalue weighted by Gasteiger charge is 2.07. The Hall–Kier alpha value is -3.53. The number of fused-ring (bicyclic) bond motifs is 1. The highest BCUT2D eigenvalue weighted by atomic mass is 16.5. The molecule has 0 radical (unpaired) electrons. The van der Waals surface area contributed by atoms with Gasteiger partial charge in [0.05, 0.1) is 22.7 Å². The smallest absolute Gasteiger partial charge is 0.341 e. The number of anilines is 2. The number of nitriles is 1. The van der Waals surface area contributed by atoms with E-state index in [4.69, 9.17) is 15.1 Å². The van der Waals surface area contributed by atoms with E-state index < -0.39 is 12.6 Å². The Morgan fingerprint density at radius 1 is 1.23 bits per heavy atom. The number of hydrogen-bond acceptors (Lipinski definition) is 5. The molecule has 1 fully saturated rings. The summed E-state index contributed by atoms with van der Waals surface area (Å²) in [6.07, 6.45) is 7.44. The number of aromatic amines is 1. The second-order valence-electron chi connectivity index (χ2n) is 7.50. The van der Waals surface area contributed by atoms with E-state index in [1.54, 1.807) is 42.5 Å². The first kappa shape index (κ1) is 21.2. The highest BCUT2D eigenvalue weighted by molar-refractivity contribution is 5.80. The van der Waals surface area contributed by atoms with E-state index in [2.05, 4.69) is 28.3 Å². The lowest BCUT2D eigenvalue weighted by molar-refractivity contribution is -0.139. The maximum absolute atomic E-state index is 10.5. The second kappa shape index (κ2) is 10.3. The molecule has 0 amide bonds. The number of carboxylic acids is 1. The van der Waals surface area contributed by atoms with Crippen LogP contribution >= 0.6 is 0 Å². The topological polar surface area (TPSA) is 111 Å². The minimum absolute atomic E-state index is 0.393. The number of aromatic nitrogens is 2. The molecule has 1 heterocycles. The molecule has 1 saturated carbocycles. The Balaban J connectivity index is 0.000000310. The molecule has 0 spiro atoms. The first-order chi connectivity index (χ1) is 14.5. The fourth-order valence-corrected chi connectivity index (χ4v) is 3.35. The summed E-state index contributed by atoms with van der Waals surface area (Å²) in [4.78, 5) is 18.0. The van der Waals surface area contributed by atoms with Crippen LogP contribution in [0, 0.1) is 17.2 Å². The number of nitrogens with zero attached hydrogens (tertiary/aromatic N) is 2. The lowest BCUT2D eigenvalue weighted by atomic mass is 9.91. The van der Waals surface area contributed by atoms with Gasteiger partial charge in [-0.2, -0.15) is 5.26 Å². The molecule has 3 aromatic rings. The molecule has 0 atom stereocenters. The third kappa shape index (κ3) is 6.24. The summed E-state index contributed by atoms with van der Waals surface area (Å²) in [6.45, 7) is 1.97. The van der Waals surface area contributed by atoms with Crippen molar-refractivity contribution in [3.05, 3.63) is 48.0 Å². The van der Waals surface area contributed by atoms with Crippen LogP contribution in [0.3, 0.4) is 0 Å². The third-order valence-electron chi connectivity index (χ3n) is 4.99. The van der Waals surface area contributed by atoms with Gasteiger partial charge >= 0.3 is 5.97 Å². The molecular weight excluding hydrogens is 380 g/mol. The molecule has 7 heteroatoms. The predicted octanol–water partition coefficient (Wildman–Crippen LogP) is 5.23. The fourth-order valence-electron chi connectivity index (χ4n) is 3.35. The number of hydrogen-bond donors (Lipinski definition) is 3. The summed E-state index contributed by atoms with van der Waals surface area (Å²) >= 11 is 0. The Bertz CT molecular complexity index is 1020. The lowest BCUT2D eigenvalue weighted by Crippen LogP contribution is -2.09. The predicted molar refractivity (Wildman–Crippen MR) is 116 cm³/mol. The van der Waals surface area contributed by atoms with Crippen molar-refractivity contribution in [2.75, 3.05) is 11.9 Å². The molecule has 30 heavy (non-hydrogen) atoms. The largest absolute Gasteiger partial charge is 0.482 e. The molecule has 0 saturated heterocycles. The van der Waals surface area contributed by atoms with E-state index in [-0.39, 0.29) is 0 Å². The van der Waals surface area contributed by atoms with Gasteiger partial charge in [0, 0.05) is 11.8 Å². The van der Waals surface area contributed by atoms with Gasteiger partial charge in [-0.1, -0.05) is 39.0 Å². The number of carboxylic acid groups (broad SMARTS) is 1. The van der Waals surface area contributed by atoms with E-state index in [0.29, 0.717) is 17.3 Å². The van der Waals surface area contributed by atoms with Crippen molar-refractivity contribution in [3.63, 3.8) is 0 Å². The molecule has 156 valence electrons. The maximum atomic E-state index is 10.5. The minimum atomic E-state index is -1.03. The van der Waals surface area contributed by atoms with Crippen molar-refractivity contribution in [2.24, 2.45) is 5.92 Å². The van der Waals surface area contributed by atoms with E-state index in [1.807, 2.05) is 0 Å². The average Bonchev–Trinajstić information content (AvgIpc) is 3.15. The Labute approximate surface area is 175 Å². The summed E-state index contributed by atoms with van der Waals surface area (Å²) in [5.74, 6) is 1.00. The van der Waals surface area contributed by atoms with Crippen LogP contribution in [-0.4, -0.2) is 27.7 Å². The van der Waals surface area contributed by atoms with Crippen molar-refractivity contribution in [1.82, 2.24) is 9.97 Å². The third-order valence-corrected chi connectivity index (χ3v) is 4.99. The maximum Gasteiger partial charge on any atom is 0.341 e. The van der Waals surface area contributed by atoms with E-state index in [1.165, 1.54) is 32.1 Å². The molecule has 4 rings (SSSR count). The van der Waals surface area contributed by atoms with Crippen LogP contribution in [0.4, 0.5) is 11.6 Å². The van der Waals surface area contributed by atoms with Crippen LogP contribution < -0.4 is 10.1 Å². The monoisotopic (exact) mass is 406 g/mol. The van der Waals surface area contributed by atoms with Crippen molar-refractivity contribution < 1.29 is 14.6 Å². The van der Waals surface area contributed by atoms with Gasteiger partial charge in [-0.05, 0) is 42.3 Å². The molecule has 7 nitrogen and oxygen atoms in total. The highest BCUT2D eigenvalue weighted by Crippen LogP contribution is 2.23. The normalized spacial score (nSPS) is 13.7. The number of aliphatic carboxylic acids is 1. The van der Waals surface area contributed by atoms with Gasteiger partial charge in [-0.3, -0.25) is 0 Å². The van der Waals surface area contributed by atoms with Crippen LogP contribution in [0.25, 0.3) is 11.0 Å². The summed E-state index contributed by atoms with van der Waals surface area (Å²) in [5, 5.41) is 20.5. The van der Waals surface area contributed by atoms with Gasteiger partial charge < -0.3 is 20.1 Å². The van der Waals surface area contributed by atoms with Crippen molar-refractivity contribution >= 4 is 28.6 Å². The number of imidazole rings is 1. The molecule has 0 bridgehead atoms. The number of benzene rings is 2. The first-order valence-corrected chi connectivity index (χ1v) is 10.1. The second-order valence-corrected chi connectivity index (χ2v) is 7.50. The van der Waals surface area contributed by atoms with Crippen molar-refractivity contribution in [3.8, 4) is 11.8 Å². The number of rotatable bonds is 5. The van der Waals surface area contributed by atoms with Gasteiger partial charge in [-0.15, -0.1) is 0 Å². The molecule has 3 N–H and O–H groups in total. The molecule has 0 aliphatic heterocycles. The molecule has 1 aliphatic carbocycles. The SMILES string of the molecule is CC1CCCCC1.N#Cc1ccc(Nc2nc3ccc(OCC(=O)O)cc3[nH]2)cc1. The molecule has 1 aromatic heterocycles. The van der Waals surface area contributed by atoms with Gasteiger partial charge in [0.25, 0.3) is 0 Å². The number of H-pyrrole nitrogens is 1. The summed E-state index contributed by atoms with van der Waals surface area (Å²) in [7, 11) is 0. The van der Waals surface area contributed by atoms with E-state index in [9.17, 15) is 4.79 Å². The van der Waals surface area contributed by atoms with Gasteiger partial charge in [0.15, 0.2) is 6.61 Å².